The van der Waals surface area contributed by atoms with Gasteiger partial charge in [-0.15, -0.1) is 11.8 Å². The first-order valence-electron chi connectivity index (χ1n) is 6.33. The molecule has 0 bridgehead atoms. The number of nitrogens with zero attached hydrogens (tertiary/aromatic N) is 1. The number of fused-ring (bicyclic) bond motifs is 1. The fourth-order valence-electron chi connectivity index (χ4n) is 2.07. The molecule has 19 heavy (non-hydrogen) atoms. The van der Waals surface area contributed by atoms with Crippen molar-refractivity contribution in [1.29, 1.82) is 10.7 Å². The zero-order valence-corrected chi connectivity index (χ0v) is 11.8. The van der Waals surface area contributed by atoms with Crippen LogP contribution in [0.3, 0.4) is 0 Å². The van der Waals surface area contributed by atoms with Crippen molar-refractivity contribution in [2.45, 2.75) is 25.5 Å². The molecule has 0 aliphatic heterocycles. The lowest BCUT2D eigenvalue weighted by Gasteiger charge is -2.10. The fraction of sp³-hybridized carbons (Fsp3) is 0.250. The topological polar surface area (TPSA) is 47.6 Å². The van der Waals surface area contributed by atoms with E-state index in [1.807, 2.05) is 19.1 Å². The molecule has 0 radical (unpaired) electrons. The van der Waals surface area contributed by atoms with Crippen LogP contribution in [-0.4, -0.2) is 5.04 Å². The van der Waals surface area contributed by atoms with Gasteiger partial charge in [0.1, 0.15) is 0 Å². The molecule has 0 saturated carbocycles. The van der Waals surface area contributed by atoms with E-state index in [0.29, 0.717) is 11.5 Å². The molecule has 2 nitrogen and oxygen atoms in total. The summed E-state index contributed by atoms with van der Waals surface area (Å²) in [5, 5.41) is 19.8. The van der Waals surface area contributed by atoms with Crippen LogP contribution in [0.4, 0.5) is 0 Å². The minimum atomic E-state index is 0.427. The molecule has 0 fully saturated rings. The fourth-order valence-corrected chi connectivity index (χ4v) is 2.88. The number of hydrogen-bond acceptors (Lipinski definition) is 3. The maximum absolute atomic E-state index is 9.03. The highest BCUT2D eigenvalue weighted by Crippen LogP contribution is 2.26. The summed E-state index contributed by atoms with van der Waals surface area (Å²) in [6.45, 7) is 1.99. The van der Waals surface area contributed by atoms with Gasteiger partial charge in [-0.25, -0.2) is 0 Å². The molecule has 1 N–H and O–H groups in total. The Labute approximate surface area is 118 Å². The molecule has 0 aromatic heterocycles. The summed E-state index contributed by atoms with van der Waals surface area (Å²) in [7, 11) is 0. The predicted octanol–water partition coefficient (Wildman–Crippen LogP) is 4.53. The number of benzene rings is 2. The number of thioether (sulfide) groups is 1. The van der Waals surface area contributed by atoms with Crippen molar-refractivity contribution in [3.05, 3.63) is 47.5 Å². The molecule has 3 heteroatoms. The third kappa shape index (κ3) is 3.15. The second-order valence-electron chi connectivity index (χ2n) is 4.32. The predicted molar refractivity (Wildman–Crippen MR) is 82.6 cm³/mol. The van der Waals surface area contributed by atoms with E-state index < -0.39 is 0 Å². The molecule has 2 rings (SSSR count). The van der Waals surface area contributed by atoms with Crippen LogP contribution in [0.25, 0.3) is 10.8 Å². The second-order valence-corrected chi connectivity index (χ2v) is 5.39. The van der Waals surface area contributed by atoms with Crippen molar-refractivity contribution in [2.75, 3.05) is 0 Å². The third-order valence-corrected chi connectivity index (χ3v) is 4.21. The Morgan fingerprint density at radius 3 is 2.79 bits per heavy atom. The van der Waals surface area contributed by atoms with Crippen molar-refractivity contribution in [3.63, 3.8) is 0 Å². The van der Waals surface area contributed by atoms with Gasteiger partial charge in [0.15, 0.2) is 0 Å². The van der Waals surface area contributed by atoms with Gasteiger partial charge in [0.25, 0.3) is 0 Å². The van der Waals surface area contributed by atoms with Crippen LogP contribution in [0, 0.1) is 16.7 Å². The number of rotatable bonds is 4. The molecule has 0 amide bonds. The van der Waals surface area contributed by atoms with Gasteiger partial charge in [0.05, 0.1) is 17.5 Å². The van der Waals surface area contributed by atoms with Crippen LogP contribution in [0.1, 0.15) is 24.5 Å². The number of nitrogens with one attached hydrogen (secondary N) is 1. The first kappa shape index (κ1) is 13.6. The highest BCUT2D eigenvalue weighted by atomic mass is 32.2. The van der Waals surface area contributed by atoms with E-state index in [4.69, 9.17) is 10.7 Å². The summed E-state index contributed by atoms with van der Waals surface area (Å²) >= 11 is 1.55. The lowest BCUT2D eigenvalue weighted by atomic mass is 9.98. The van der Waals surface area contributed by atoms with Crippen molar-refractivity contribution in [2.24, 2.45) is 0 Å². The Hall–Kier alpha value is -1.79. The van der Waals surface area contributed by atoms with Gasteiger partial charge in [-0.3, -0.25) is 5.41 Å². The van der Waals surface area contributed by atoms with E-state index in [-0.39, 0.29) is 0 Å². The molecule has 0 atom stereocenters. The van der Waals surface area contributed by atoms with Gasteiger partial charge < -0.3 is 0 Å². The van der Waals surface area contributed by atoms with Crippen molar-refractivity contribution < 1.29 is 0 Å². The highest BCUT2D eigenvalue weighted by Gasteiger charge is 2.08. The molecule has 0 aliphatic carbocycles. The molecule has 2 aromatic rings. The monoisotopic (exact) mass is 268 g/mol. The summed E-state index contributed by atoms with van der Waals surface area (Å²) in [6.07, 6.45) is 1.20. The molecule has 0 heterocycles. The van der Waals surface area contributed by atoms with E-state index in [1.54, 1.807) is 11.8 Å². The lowest BCUT2D eigenvalue weighted by molar-refractivity contribution is 1.22. The SMILES string of the molecule is CCC(=N)SCc1ccc2ccccc2c1CC#N. The van der Waals surface area contributed by atoms with E-state index >= 15 is 0 Å². The maximum Gasteiger partial charge on any atom is 0.0670 e. The lowest BCUT2D eigenvalue weighted by Crippen LogP contribution is -1.96. The highest BCUT2D eigenvalue weighted by molar-refractivity contribution is 8.13. The zero-order chi connectivity index (χ0) is 13.7. The Bertz CT molecular complexity index is 641. The average molecular weight is 268 g/mol. The molecular weight excluding hydrogens is 252 g/mol. The molecule has 0 spiro atoms. The first-order chi connectivity index (χ1) is 9.26. The summed E-state index contributed by atoms with van der Waals surface area (Å²) in [6, 6.07) is 14.6. The minimum absolute atomic E-state index is 0.427. The smallest absolute Gasteiger partial charge is 0.0670 e. The zero-order valence-electron chi connectivity index (χ0n) is 10.9. The second kappa shape index (κ2) is 6.40. The summed E-state index contributed by atoms with van der Waals surface area (Å²) < 4.78 is 0. The summed E-state index contributed by atoms with van der Waals surface area (Å²) in [5.41, 5.74) is 2.28. The van der Waals surface area contributed by atoms with Crippen molar-refractivity contribution in [3.8, 4) is 6.07 Å². The van der Waals surface area contributed by atoms with Crippen LogP contribution in [0.5, 0.6) is 0 Å². The van der Waals surface area contributed by atoms with Gasteiger partial charge >= 0.3 is 0 Å². The summed E-state index contributed by atoms with van der Waals surface area (Å²) in [4.78, 5) is 0. The van der Waals surface area contributed by atoms with E-state index in [9.17, 15) is 0 Å². The van der Waals surface area contributed by atoms with Crippen LogP contribution in [0.15, 0.2) is 36.4 Å². The van der Waals surface area contributed by atoms with E-state index in [2.05, 4.69) is 30.3 Å². The van der Waals surface area contributed by atoms with Crippen molar-refractivity contribution in [1.82, 2.24) is 0 Å². The Kier molecular flexibility index (Phi) is 4.59. The number of hydrogen-bond donors (Lipinski definition) is 1. The van der Waals surface area contributed by atoms with E-state index in [1.165, 1.54) is 10.9 Å². The third-order valence-electron chi connectivity index (χ3n) is 3.12. The Morgan fingerprint density at radius 1 is 1.26 bits per heavy atom. The quantitative estimate of drug-likeness (QED) is 0.654. The van der Waals surface area contributed by atoms with Gasteiger partial charge in [0.2, 0.25) is 0 Å². The molecular formula is C16H16N2S. The molecule has 0 aliphatic rings. The molecule has 0 unspecified atom stereocenters. The van der Waals surface area contributed by atoms with Gasteiger partial charge in [-0.05, 0) is 28.3 Å². The maximum atomic E-state index is 9.03. The van der Waals surface area contributed by atoms with Crippen LogP contribution < -0.4 is 0 Å². The van der Waals surface area contributed by atoms with Crippen molar-refractivity contribution >= 4 is 27.6 Å². The van der Waals surface area contributed by atoms with Crippen LogP contribution in [-0.2, 0) is 12.2 Å². The van der Waals surface area contributed by atoms with E-state index in [0.717, 1.165) is 23.1 Å². The minimum Gasteiger partial charge on any atom is -0.298 e. The van der Waals surface area contributed by atoms with Gasteiger partial charge in [-0.1, -0.05) is 43.3 Å². The van der Waals surface area contributed by atoms with Crippen LogP contribution >= 0.6 is 11.8 Å². The standard InChI is InChI=1S/C16H16N2S/c1-2-16(18)19-11-13-8-7-12-5-3-4-6-14(12)15(13)9-10-17/h3-8,18H,2,9,11H2,1H3. The van der Waals surface area contributed by atoms with Gasteiger partial charge in [0, 0.05) is 5.75 Å². The van der Waals surface area contributed by atoms with Crippen LogP contribution in [0.2, 0.25) is 0 Å². The molecule has 0 saturated heterocycles. The largest absolute Gasteiger partial charge is 0.298 e. The molecule has 96 valence electrons. The first-order valence-corrected chi connectivity index (χ1v) is 7.31. The molecule has 2 aromatic carbocycles. The Morgan fingerprint density at radius 2 is 2.05 bits per heavy atom. The average Bonchev–Trinajstić information content (AvgIpc) is 2.46. The normalized spacial score (nSPS) is 10.3. The summed E-state index contributed by atoms with van der Waals surface area (Å²) in [5.74, 6) is 0.772. The van der Waals surface area contributed by atoms with Gasteiger partial charge in [-0.2, -0.15) is 5.26 Å². The number of nitriles is 1. The Balaban J connectivity index is 2.40.